The molecule has 1 N–H and O–H groups in total. The molecule has 0 spiro atoms. The highest BCUT2D eigenvalue weighted by atomic mass is 16.7. The van der Waals surface area contributed by atoms with Gasteiger partial charge in [0.15, 0.2) is 5.76 Å². The van der Waals surface area contributed by atoms with Gasteiger partial charge in [0.05, 0.1) is 24.9 Å². The van der Waals surface area contributed by atoms with Crippen LogP contribution in [-0.2, 0) is 33.6 Å². The van der Waals surface area contributed by atoms with Crippen LogP contribution in [0.25, 0.3) is 11.3 Å². The third kappa shape index (κ3) is 3.07. The molecule has 2 aliphatic heterocycles. The molecule has 1 amide bonds. The molecule has 2 atom stereocenters. The standard InChI is InChI=1S/C19H23N3O5/c1-11-16-15(27-18(11)19(23)20-6-14-9-24-10-26-14)3-2-12-7-22(21-17(12)16)8-13-4-5-25-13/h7,13-14H,2-6,8-10H2,1H3,(H,20,23)/t13-,14-/m1/s1. The minimum atomic E-state index is -0.221. The van der Waals surface area contributed by atoms with Crippen molar-refractivity contribution in [2.75, 3.05) is 26.6 Å². The summed E-state index contributed by atoms with van der Waals surface area (Å²) in [5, 5.41) is 7.65. The molecule has 1 aliphatic carbocycles. The average Bonchev–Trinajstić information content (AvgIpc) is 3.34. The monoisotopic (exact) mass is 373 g/mol. The first-order valence-corrected chi connectivity index (χ1v) is 9.47. The van der Waals surface area contributed by atoms with Crippen molar-refractivity contribution in [3.8, 4) is 11.3 Å². The predicted octanol–water partition coefficient (Wildman–Crippen LogP) is 1.44. The van der Waals surface area contributed by atoms with Gasteiger partial charge < -0.3 is 23.9 Å². The lowest BCUT2D eigenvalue weighted by atomic mass is 9.93. The number of hydrogen-bond acceptors (Lipinski definition) is 6. The fourth-order valence-electron chi connectivity index (χ4n) is 3.89. The Morgan fingerprint density at radius 3 is 2.96 bits per heavy atom. The van der Waals surface area contributed by atoms with Crippen LogP contribution >= 0.6 is 0 Å². The number of carbonyl (C=O) groups excluding carboxylic acids is 1. The number of fused-ring (bicyclic) bond motifs is 3. The van der Waals surface area contributed by atoms with E-state index in [4.69, 9.17) is 23.7 Å². The van der Waals surface area contributed by atoms with Gasteiger partial charge in [-0.15, -0.1) is 0 Å². The highest BCUT2D eigenvalue weighted by Crippen LogP contribution is 2.38. The van der Waals surface area contributed by atoms with E-state index in [-0.39, 0.29) is 24.9 Å². The Balaban J connectivity index is 1.37. The van der Waals surface area contributed by atoms with Crippen molar-refractivity contribution in [2.45, 2.75) is 44.9 Å². The molecule has 3 aliphatic rings. The van der Waals surface area contributed by atoms with Crippen molar-refractivity contribution in [1.82, 2.24) is 15.1 Å². The lowest BCUT2D eigenvalue weighted by Gasteiger charge is -2.26. The van der Waals surface area contributed by atoms with Gasteiger partial charge in [-0.3, -0.25) is 9.48 Å². The maximum absolute atomic E-state index is 12.6. The lowest BCUT2D eigenvalue weighted by Crippen LogP contribution is -2.33. The molecule has 0 aromatic carbocycles. The van der Waals surface area contributed by atoms with E-state index in [2.05, 4.69) is 11.5 Å². The van der Waals surface area contributed by atoms with Gasteiger partial charge in [-0.25, -0.2) is 0 Å². The molecule has 2 saturated heterocycles. The first kappa shape index (κ1) is 17.0. The quantitative estimate of drug-likeness (QED) is 0.853. The van der Waals surface area contributed by atoms with E-state index >= 15 is 0 Å². The van der Waals surface area contributed by atoms with E-state index in [1.54, 1.807) is 0 Å². The summed E-state index contributed by atoms with van der Waals surface area (Å²) < 4.78 is 23.9. The van der Waals surface area contributed by atoms with Crippen molar-refractivity contribution in [3.05, 3.63) is 28.8 Å². The Morgan fingerprint density at radius 1 is 1.33 bits per heavy atom. The summed E-state index contributed by atoms with van der Waals surface area (Å²) in [6, 6.07) is 0. The van der Waals surface area contributed by atoms with Gasteiger partial charge in [0, 0.05) is 36.9 Å². The number of rotatable bonds is 5. The first-order valence-electron chi connectivity index (χ1n) is 9.47. The Labute approximate surface area is 156 Å². The predicted molar refractivity (Wildman–Crippen MR) is 94.5 cm³/mol. The molecule has 0 bridgehead atoms. The summed E-state index contributed by atoms with van der Waals surface area (Å²) in [5.74, 6) is 0.987. The molecule has 27 heavy (non-hydrogen) atoms. The summed E-state index contributed by atoms with van der Waals surface area (Å²) in [6.07, 6.45) is 5.00. The van der Waals surface area contributed by atoms with Gasteiger partial charge in [-0.05, 0) is 25.3 Å². The molecule has 2 aromatic heterocycles. The Hall–Kier alpha value is -2.16. The normalized spacial score (nSPS) is 23.6. The maximum Gasteiger partial charge on any atom is 0.287 e. The third-order valence-corrected chi connectivity index (χ3v) is 5.49. The van der Waals surface area contributed by atoms with Crippen LogP contribution in [0.5, 0.6) is 0 Å². The molecule has 2 fully saturated rings. The number of nitrogens with one attached hydrogen (secondary N) is 1. The van der Waals surface area contributed by atoms with Gasteiger partial charge in [-0.2, -0.15) is 5.10 Å². The van der Waals surface area contributed by atoms with E-state index in [0.717, 1.165) is 55.0 Å². The first-order chi connectivity index (χ1) is 13.2. The van der Waals surface area contributed by atoms with Crippen LogP contribution in [0.4, 0.5) is 0 Å². The summed E-state index contributed by atoms with van der Waals surface area (Å²) in [7, 11) is 0. The van der Waals surface area contributed by atoms with Crippen molar-refractivity contribution < 1.29 is 23.4 Å². The summed E-state index contributed by atoms with van der Waals surface area (Å²) in [6.45, 7) is 4.73. The number of furan rings is 1. The van der Waals surface area contributed by atoms with E-state index in [1.165, 1.54) is 5.56 Å². The minimum Gasteiger partial charge on any atom is -0.455 e. The fourth-order valence-corrected chi connectivity index (χ4v) is 3.89. The molecule has 0 saturated carbocycles. The summed E-state index contributed by atoms with van der Waals surface area (Å²) in [4.78, 5) is 12.6. The van der Waals surface area contributed by atoms with Crippen LogP contribution in [0.2, 0.25) is 0 Å². The van der Waals surface area contributed by atoms with E-state index in [0.29, 0.717) is 18.9 Å². The van der Waals surface area contributed by atoms with Crippen LogP contribution in [0.3, 0.4) is 0 Å². The molecular weight excluding hydrogens is 350 g/mol. The zero-order valence-corrected chi connectivity index (χ0v) is 15.3. The van der Waals surface area contributed by atoms with E-state index in [9.17, 15) is 4.79 Å². The molecule has 0 unspecified atom stereocenters. The Bertz CT molecular complexity index is 861. The van der Waals surface area contributed by atoms with E-state index in [1.807, 2.05) is 11.6 Å². The number of hydrogen-bond donors (Lipinski definition) is 1. The Morgan fingerprint density at radius 2 is 2.22 bits per heavy atom. The largest absolute Gasteiger partial charge is 0.455 e. The molecule has 2 aromatic rings. The number of aryl methyl sites for hydroxylation is 2. The number of nitrogens with zero attached hydrogens (tertiary/aromatic N) is 2. The smallest absolute Gasteiger partial charge is 0.287 e. The van der Waals surface area contributed by atoms with Crippen LogP contribution in [0.1, 0.15) is 33.9 Å². The molecule has 4 heterocycles. The van der Waals surface area contributed by atoms with Gasteiger partial charge >= 0.3 is 0 Å². The van der Waals surface area contributed by atoms with Crippen LogP contribution < -0.4 is 5.32 Å². The Kier molecular flexibility index (Phi) is 4.26. The van der Waals surface area contributed by atoms with E-state index < -0.39 is 0 Å². The van der Waals surface area contributed by atoms with Gasteiger partial charge in [-0.1, -0.05) is 0 Å². The topological polar surface area (TPSA) is 87.8 Å². The molecule has 8 nitrogen and oxygen atoms in total. The number of carbonyl (C=O) groups is 1. The zero-order chi connectivity index (χ0) is 18.4. The second-order valence-corrected chi connectivity index (χ2v) is 7.35. The summed E-state index contributed by atoms with van der Waals surface area (Å²) in [5.41, 5.74) is 3.95. The maximum atomic E-state index is 12.6. The van der Waals surface area contributed by atoms with Crippen molar-refractivity contribution >= 4 is 5.91 Å². The fraction of sp³-hybridized carbons (Fsp3) is 0.579. The van der Waals surface area contributed by atoms with Crippen LogP contribution in [0.15, 0.2) is 10.6 Å². The summed E-state index contributed by atoms with van der Waals surface area (Å²) >= 11 is 0. The zero-order valence-electron chi connectivity index (χ0n) is 15.3. The number of aromatic nitrogens is 2. The van der Waals surface area contributed by atoms with Crippen LogP contribution in [-0.4, -0.2) is 54.4 Å². The SMILES string of the molecule is Cc1c(C(=O)NC[C@@H]2COCO2)oc2c1-c1nn(C[C@H]3CCO3)cc1CC2. The number of ether oxygens (including phenoxy) is 3. The number of amides is 1. The molecule has 5 rings (SSSR count). The highest BCUT2D eigenvalue weighted by molar-refractivity contribution is 5.95. The van der Waals surface area contributed by atoms with Crippen LogP contribution in [0, 0.1) is 6.92 Å². The van der Waals surface area contributed by atoms with Crippen molar-refractivity contribution in [1.29, 1.82) is 0 Å². The average molecular weight is 373 g/mol. The molecule has 144 valence electrons. The molecular formula is C19H23N3O5. The second kappa shape index (κ2) is 6.78. The third-order valence-electron chi connectivity index (χ3n) is 5.49. The van der Waals surface area contributed by atoms with Crippen molar-refractivity contribution in [3.63, 3.8) is 0 Å². The van der Waals surface area contributed by atoms with Crippen molar-refractivity contribution in [2.24, 2.45) is 0 Å². The van der Waals surface area contributed by atoms with Gasteiger partial charge in [0.2, 0.25) is 0 Å². The van der Waals surface area contributed by atoms with Gasteiger partial charge in [0.25, 0.3) is 5.91 Å². The molecule has 8 heteroatoms. The van der Waals surface area contributed by atoms with Gasteiger partial charge in [0.1, 0.15) is 18.7 Å². The lowest BCUT2D eigenvalue weighted by molar-refractivity contribution is -0.0608. The molecule has 0 radical (unpaired) electrons. The minimum absolute atomic E-state index is 0.102. The highest BCUT2D eigenvalue weighted by Gasteiger charge is 2.30. The second-order valence-electron chi connectivity index (χ2n) is 7.35.